The Balaban J connectivity index is 1.88. The lowest BCUT2D eigenvalue weighted by molar-refractivity contribution is -0.117. The van der Waals surface area contributed by atoms with Crippen LogP contribution in [0, 0.1) is 0 Å². The summed E-state index contributed by atoms with van der Waals surface area (Å²) >= 11 is 0. The second-order valence-corrected chi connectivity index (χ2v) is 5.47. The first kappa shape index (κ1) is 16.0. The van der Waals surface area contributed by atoms with Crippen LogP contribution in [0.3, 0.4) is 0 Å². The number of amides is 1. The minimum atomic E-state index is -0.0397. The first-order valence-electron chi connectivity index (χ1n) is 7.49. The second kappa shape index (κ2) is 7.61. The third kappa shape index (κ3) is 4.60. The lowest BCUT2D eigenvalue weighted by Gasteiger charge is -2.16. The fraction of sp³-hybridized carbons (Fsp3) is 0.278. The van der Waals surface area contributed by atoms with E-state index < -0.39 is 0 Å². The number of anilines is 2. The van der Waals surface area contributed by atoms with Gasteiger partial charge in [-0.05, 0) is 36.7 Å². The lowest BCUT2D eigenvalue weighted by atomic mass is 10.1. The average molecular weight is 297 g/mol. The number of aryl methyl sites for hydroxylation is 1. The van der Waals surface area contributed by atoms with Gasteiger partial charge in [0, 0.05) is 17.9 Å². The van der Waals surface area contributed by atoms with Gasteiger partial charge in [0.25, 0.3) is 0 Å². The molecule has 0 aliphatic carbocycles. The molecule has 4 heteroatoms. The summed E-state index contributed by atoms with van der Waals surface area (Å²) in [6, 6.07) is 15.8. The van der Waals surface area contributed by atoms with E-state index in [0.29, 0.717) is 6.54 Å². The maximum Gasteiger partial charge on any atom is 0.238 e. The van der Waals surface area contributed by atoms with Crippen LogP contribution in [0.15, 0.2) is 48.5 Å². The van der Waals surface area contributed by atoms with Gasteiger partial charge in [-0.15, -0.1) is 0 Å². The van der Waals surface area contributed by atoms with Crippen molar-refractivity contribution in [1.29, 1.82) is 0 Å². The van der Waals surface area contributed by atoms with Gasteiger partial charge < -0.3 is 11.1 Å². The fourth-order valence-electron chi connectivity index (χ4n) is 2.39. The molecule has 2 rings (SSSR count). The van der Waals surface area contributed by atoms with E-state index in [4.69, 9.17) is 5.73 Å². The number of hydrogen-bond acceptors (Lipinski definition) is 3. The molecular formula is C18H23N3O. The van der Waals surface area contributed by atoms with Crippen molar-refractivity contribution >= 4 is 17.3 Å². The number of hydrogen-bond donors (Lipinski definition) is 2. The molecule has 0 radical (unpaired) electrons. The summed E-state index contributed by atoms with van der Waals surface area (Å²) in [6.07, 6.45) is 0.889. The Labute approximate surface area is 131 Å². The molecule has 0 heterocycles. The smallest absolute Gasteiger partial charge is 0.238 e. The minimum Gasteiger partial charge on any atom is -0.398 e. The normalized spacial score (nSPS) is 10.7. The van der Waals surface area contributed by atoms with Gasteiger partial charge in [0.05, 0.1) is 6.54 Å². The maximum atomic E-state index is 12.1. The van der Waals surface area contributed by atoms with E-state index >= 15 is 0 Å². The third-order valence-electron chi connectivity index (χ3n) is 3.52. The Morgan fingerprint density at radius 3 is 2.55 bits per heavy atom. The molecule has 0 atom stereocenters. The van der Waals surface area contributed by atoms with Crippen LogP contribution < -0.4 is 11.1 Å². The highest BCUT2D eigenvalue weighted by atomic mass is 16.2. The number of carbonyl (C=O) groups is 1. The average Bonchev–Trinajstić information content (AvgIpc) is 2.48. The molecule has 1 amide bonds. The Kier molecular flexibility index (Phi) is 5.55. The van der Waals surface area contributed by atoms with Crippen LogP contribution in [0.2, 0.25) is 0 Å². The molecule has 116 valence electrons. The number of likely N-dealkylation sites (N-methyl/N-ethyl adjacent to an activating group) is 1. The van der Waals surface area contributed by atoms with Crippen LogP contribution in [0.1, 0.15) is 18.1 Å². The van der Waals surface area contributed by atoms with E-state index in [9.17, 15) is 4.79 Å². The first-order chi connectivity index (χ1) is 10.6. The Bertz CT molecular complexity index is 625. The molecule has 0 aliphatic heterocycles. The van der Waals surface area contributed by atoms with Gasteiger partial charge in [-0.25, -0.2) is 0 Å². The summed E-state index contributed by atoms with van der Waals surface area (Å²) < 4.78 is 0. The molecule has 0 bridgehead atoms. The van der Waals surface area contributed by atoms with Crippen LogP contribution in [0.4, 0.5) is 11.4 Å². The SMILES string of the molecule is CCc1ccc(NC(=O)CN(C)Cc2ccccc2)cc1N. The zero-order valence-electron chi connectivity index (χ0n) is 13.2. The Morgan fingerprint density at radius 1 is 1.18 bits per heavy atom. The van der Waals surface area contributed by atoms with Crippen molar-refractivity contribution in [3.05, 3.63) is 59.7 Å². The summed E-state index contributed by atoms with van der Waals surface area (Å²) in [5, 5.41) is 2.89. The number of nitrogens with one attached hydrogen (secondary N) is 1. The molecule has 0 unspecified atom stereocenters. The van der Waals surface area contributed by atoms with Crippen LogP contribution in [-0.2, 0) is 17.8 Å². The fourth-order valence-corrected chi connectivity index (χ4v) is 2.39. The van der Waals surface area contributed by atoms with E-state index in [1.54, 1.807) is 0 Å². The van der Waals surface area contributed by atoms with Gasteiger partial charge in [-0.2, -0.15) is 0 Å². The summed E-state index contributed by atoms with van der Waals surface area (Å²) in [6.45, 7) is 3.14. The van der Waals surface area contributed by atoms with Crippen molar-refractivity contribution in [3.8, 4) is 0 Å². The van der Waals surface area contributed by atoms with Crippen molar-refractivity contribution in [3.63, 3.8) is 0 Å². The van der Waals surface area contributed by atoms with Gasteiger partial charge in [0.15, 0.2) is 0 Å². The molecule has 4 nitrogen and oxygen atoms in total. The van der Waals surface area contributed by atoms with E-state index in [0.717, 1.165) is 29.9 Å². The number of nitrogens with zero attached hydrogens (tertiary/aromatic N) is 1. The second-order valence-electron chi connectivity index (χ2n) is 5.47. The highest BCUT2D eigenvalue weighted by Gasteiger charge is 2.08. The van der Waals surface area contributed by atoms with Crippen LogP contribution in [0.5, 0.6) is 0 Å². The third-order valence-corrected chi connectivity index (χ3v) is 3.52. The maximum absolute atomic E-state index is 12.1. The largest absolute Gasteiger partial charge is 0.398 e. The zero-order valence-corrected chi connectivity index (χ0v) is 13.2. The van der Waals surface area contributed by atoms with E-state index in [2.05, 4.69) is 24.4 Å². The molecule has 2 aromatic carbocycles. The quantitative estimate of drug-likeness (QED) is 0.806. The van der Waals surface area contributed by atoms with E-state index in [1.807, 2.05) is 48.3 Å². The van der Waals surface area contributed by atoms with Crippen LogP contribution in [-0.4, -0.2) is 24.4 Å². The lowest BCUT2D eigenvalue weighted by Crippen LogP contribution is -2.29. The number of benzene rings is 2. The number of rotatable bonds is 6. The molecule has 0 aliphatic rings. The predicted molar refractivity (Wildman–Crippen MR) is 91.6 cm³/mol. The Morgan fingerprint density at radius 2 is 1.91 bits per heavy atom. The summed E-state index contributed by atoms with van der Waals surface area (Å²) in [5.74, 6) is -0.0397. The van der Waals surface area contributed by atoms with Gasteiger partial charge in [-0.3, -0.25) is 9.69 Å². The Hall–Kier alpha value is -2.33. The van der Waals surface area contributed by atoms with Crippen LogP contribution >= 0.6 is 0 Å². The van der Waals surface area contributed by atoms with Gasteiger partial charge in [0.2, 0.25) is 5.91 Å². The van der Waals surface area contributed by atoms with Crippen molar-refractivity contribution in [2.45, 2.75) is 19.9 Å². The van der Waals surface area contributed by atoms with E-state index in [-0.39, 0.29) is 5.91 Å². The first-order valence-corrected chi connectivity index (χ1v) is 7.49. The number of carbonyl (C=O) groups excluding carboxylic acids is 1. The molecule has 0 spiro atoms. The van der Waals surface area contributed by atoms with Crippen molar-refractivity contribution in [2.24, 2.45) is 0 Å². The number of nitrogen functional groups attached to an aromatic ring is 1. The van der Waals surface area contributed by atoms with Gasteiger partial charge in [0.1, 0.15) is 0 Å². The molecule has 2 aromatic rings. The zero-order chi connectivity index (χ0) is 15.9. The van der Waals surface area contributed by atoms with E-state index in [1.165, 1.54) is 5.56 Å². The summed E-state index contributed by atoms with van der Waals surface area (Å²) in [4.78, 5) is 14.1. The van der Waals surface area contributed by atoms with Crippen molar-refractivity contribution in [1.82, 2.24) is 4.90 Å². The monoisotopic (exact) mass is 297 g/mol. The molecule has 0 saturated carbocycles. The standard InChI is InChI=1S/C18H23N3O/c1-3-15-9-10-16(11-17(15)19)20-18(22)13-21(2)12-14-7-5-4-6-8-14/h4-11H,3,12-13,19H2,1-2H3,(H,20,22). The molecule has 0 fully saturated rings. The molecule has 0 saturated heterocycles. The van der Waals surface area contributed by atoms with Gasteiger partial charge in [-0.1, -0.05) is 43.3 Å². The summed E-state index contributed by atoms with van der Waals surface area (Å²) in [5.41, 5.74) is 9.70. The van der Waals surface area contributed by atoms with Crippen LogP contribution in [0.25, 0.3) is 0 Å². The molecule has 3 N–H and O–H groups in total. The topological polar surface area (TPSA) is 58.4 Å². The van der Waals surface area contributed by atoms with Crippen molar-refractivity contribution < 1.29 is 4.79 Å². The number of nitrogens with two attached hydrogens (primary N) is 1. The molecule has 22 heavy (non-hydrogen) atoms. The highest BCUT2D eigenvalue weighted by Crippen LogP contribution is 2.18. The molecule has 0 aromatic heterocycles. The molecular weight excluding hydrogens is 274 g/mol. The minimum absolute atomic E-state index is 0.0397. The van der Waals surface area contributed by atoms with Gasteiger partial charge >= 0.3 is 0 Å². The highest BCUT2D eigenvalue weighted by molar-refractivity contribution is 5.92. The summed E-state index contributed by atoms with van der Waals surface area (Å²) in [7, 11) is 1.93. The predicted octanol–water partition coefficient (Wildman–Crippen LogP) is 2.90. The van der Waals surface area contributed by atoms with Crippen molar-refractivity contribution in [2.75, 3.05) is 24.6 Å².